The van der Waals surface area contributed by atoms with Gasteiger partial charge in [0.2, 0.25) is 0 Å². The molecule has 14 heteroatoms. The van der Waals surface area contributed by atoms with Crippen molar-refractivity contribution in [3.8, 4) is 29.0 Å². The number of hydrogen-bond acceptors (Lipinski definition) is 10. The lowest BCUT2D eigenvalue weighted by Gasteiger charge is -2.35. The van der Waals surface area contributed by atoms with E-state index in [-0.39, 0.29) is 78.7 Å². The summed E-state index contributed by atoms with van der Waals surface area (Å²) >= 11 is 7.90. The van der Waals surface area contributed by atoms with E-state index in [1.54, 1.807) is 6.92 Å². The van der Waals surface area contributed by atoms with Gasteiger partial charge in [0.15, 0.2) is 11.6 Å². The zero-order valence-electron chi connectivity index (χ0n) is 24.9. The van der Waals surface area contributed by atoms with E-state index in [0.717, 1.165) is 30.7 Å². The predicted octanol–water partition coefficient (Wildman–Crippen LogP) is 5.96. The molecule has 0 bridgehead atoms. The molecule has 4 aromatic rings. The first-order chi connectivity index (χ1) is 22.0. The van der Waals surface area contributed by atoms with Crippen molar-refractivity contribution < 1.29 is 27.8 Å². The van der Waals surface area contributed by atoms with Gasteiger partial charge in [-0.3, -0.25) is 4.90 Å². The summed E-state index contributed by atoms with van der Waals surface area (Å²) < 4.78 is 59.1. The van der Waals surface area contributed by atoms with Gasteiger partial charge < -0.3 is 25.2 Å². The Labute approximate surface area is 271 Å². The second-order valence-corrected chi connectivity index (χ2v) is 14.4. The molecule has 4 atom stereocenters. The third kappa shape index (κ3) is 4.26. The molecule has 3 saturated heterocycles. The van der Waals surface area contributed by atoms with Crippen molar-refractivity contribution in [2.45, 2.75) is 62.4 Å². The van der Waals surface area contributed by atoms with Crippen LogP contribution in [0, 0.1) is 23.0 Å². The normalized spacial score (nSPS) is 27.4. The first-order valence-corrected chi connectivity index (χ1v) is 16.5. The second-order valence-electron chi connectivity index (χ2n) is 13.0. The lowest BCUT2D eigenvalue weighted by atomic mass is 9.93. The van der Waals surface area contributed by atoms with Crippen LogP contribution in [-0.4, -0.2) is 76.2 Å². The number of ether oxygens (including phenoxy) is 2. The summed E-state index contributed by atoms with van der Waals surface area (Å²) in [6, 6.07) is 4.08. The zero-order chi connectivity index (χ0) is 32.1. The van der Waals surface area contributed by atoms with Gasteiger partial charge in [-0.25, -0.2) is 13.2 Å². The van der Waals surface area contributed by atoms with E-state index >= 15 is 4.39 Å². The number of fused-ring (bicyclic) bond motifs is 4. The molecule has 0 aliphatic carbocycles. The Kier molecular flexibility index (Phi) is 6.78. The van der Waals surface area contributed by atoms with Crippen LogP contribution in [0.2, 0.25) is 5.02 Å². The number of nitrogens with two attached hydrogens (primary N) is 1. The summed E-state index contributed by atoms with van der Waals surface area (Å²) in [6.07, 6.45) is 1.94. The third-order valence-electron chi connectivity index (χ3n) is 10.2. The van der Waals surface area contributed by atoms with Crippen molar-refractivity contribution in [2.24, 2.45) is 0 Å². The van der Waals surface area contributed by atoms with Crippen molar-refractivity contribution in [1.29, 1.82) is 5.26 Å². The van der Waals surface area contributed by atoms with Crippen LogP contribution in [-0.2, 0) is 0 Å². The Bertz CT molecular complexity index is 1980. The Balaban J connectivity index is 1.36. The van der Waals surface area contributed by atoms with Gasteiger partial charge in [-0.05, 0) is 44.4 Å². The standard InChI is InChI=1S/C32H30ClF3N6O3S/c1-31(43)7-9-42-19(31)5-10-44-26-22-25(39-30(40-29(22)42)45-14-32-6-2-8-41(32)13-15(34)11-32)24(36)21(23(26)33)16-3-4-18(35)27-20(16)17(12-37)28(38)46-27/h3-4,15,19,43H,2,5-11,13-14,38H2,1H3/t15-,19?,31?,32+/m1/s1. The highest BCUT2D eigenvalue weighted by Crippen LogP contribution is 2.52. The van der Waals surface area contributed by atoms with E-state index in [0.29, 0.717) is 38.2 Å². The van der Waals surface area contributed by atoms with E-state index in [2.05, 4.69) is 9.88 Å². The molecule has 2 aromatic carbocycles. The van der Waals surface area contributed by atoms with E-state index in [4.69, 9.17) is 31.8 Å². The molecule has 0 amide bonds. The number of nitrogen functional groups attached to an aromatic ring is 1. The molecule has 0 spiro atoms. The Morgan fingerprint density at radius 2 is 2.09 bits per heavy atom. The van der Waals surface area contributed by atoms with Gasteiger partial charge in [0.1, 0.15) is 41.0 Å². The van der Waals surface area contributed by atoms with Gasteiger partial charge in [-0.2, -0.15) is 15.2 Å². The topological polar surface area (TPSA) is 121 Å². The van der Waals surface area contributed by atoms with Crippen molar-refractivity contribution >= 4 is 54.7 Å². The molecule has 46 heavy (non-hydrogen) atoms. The summed E-state index contributed by atoms with van der Waals surface area (Å²) in [5.74, 6) is -0.997. The number of rotatable bonds is 4. The van der Waals surface area contributed by atoms with Crippen molar-refractivity contribution in [3.63, 3.8) is 0 Å². The number of halogens is 4. The number of aromatic nitrogens is 2. The van der Waals surface area contributed by atoms with Gasteiger partial charge in [0.05, 0.1) is 44.5 Å². The highest BCUT2D eigenvalue weighted by molar-refractivity contribution is 7.23. The van der Waals surface area contributed by atoms with Crippen LogP contribution in [0.1, 0.15) is 44.6 Å². The fraction of sp³-hybridized carbons (Fsp3) is 0.469. The molecule has 4 aliphatic heterocycles. The number of aliphatic hydroxyl groups is 1. The number of nitriles is 1. The molecule has 9 nitrogen and oxygen atoms in total. The van der Waals surface area contributed by atoms with Crippen molar-refractivity contribution in [1.82, 2.24) is 14.9 Å². The number of thiophene rings is 1. The third-order valence-corrected chi connectivity index (χ3v) is 11.6. The van der Waals surface area contributed by atoms with E-state index in [9.17, 15) is 19.1 Å². The first-order valence-electron chi connectivity index (χ1n) is 15.3. The highest BCUT2D eigenvalue weighted by Gasteiger charge is 2.50. The van der Waals surface area contributed by atoms with E-state index in [1.807, 2.05) is 11.0 Å². The quantitative estimate of drug-likeness (QED) is 0.271. The van der Waals surface area contributed by atoms with Crippen LogP contribution in [0.3, 0.4) is 0 Å². The van der Waals surface area contributed by atoms with Gasteiger partial charge in [0, 0.05) is 36.9 Å². The maximum atomic E-state index is 17.1. The fourth-order valence-electron chi connectivity index (χ4n) is 8.03. The second kappa shape index (κ2) is 10.5. The largest absolute Gasteiger partial charge is 0.491 e. The van der Waals surface area contributed by atoms with Crippen molar-refractivity contribution in [2.75, 3.05) is 43.5 Å². The summed E-state index contributed by atoms with van der Waals surface area (Å²) in [4.78, 5) is 13.4. The summed E-state index contributed by atoms with van der Waals surface area (Å²) in [6.45, 7) is 3.60. The van der Waals surface area contributed by atoms with Crippen LogP contribution in [0.15, 0.2) is 12.1 Å². The molecule has 0 saturated carbocycles. The molecule has 8 rings (SSSR count). The molecule has 240 valence electrons. The summed E-state index contributed by atoms with van der Waals surface area (Å²) in [5.41, 5.74) is 4.45. The monoisotopic (exact) mass is 670 g/mol. The average molecular weight is 671 g/mol. The minimum Gasteiger partial charge on any atom is -0.491 e. The van der Waals surface area contributed by atoms with Crippen LogP contribution in [0.5, 0.6) is 11.8 Å². The summed E-state index contributed by atoms with van der Waals surface area (Å²) in [7, 11) is 0. The lowest BCUT2D eigenvalue weighted by Crippen LogP contribution is -2.45. The SMILES string of the molecule is CC1(O)CCN2c3nc(OC[C@@]45CCCN4C[C@H](F)C5)nc4c(F)c(-c5ccc(F)c6sc(N)c(C#N)c56)c(Cl)c(c34)OCCC21. The molecule has 2 unspecified atom stereocenters. The molecule has 3 N–H and O–H groups in total. The number of alkyl halides is 1. The van der Waals surface area contributed by atoms with E-state index in [1.165, 1.54) is 12.1 Å². The molecule has 4 aliphatic rings. The number of hydrogen-bond donors (Lipinski definition) is 2. The van der Waals surface area contributed by atoms with Crippen LogP contribution in [0.4, 0.5) is 24.0 Å². The molecule has 2 aromatic heterocycles. The maximum Gasteiger partial charge on any atom is 0.319 e. The minimum absolute atomic E-state index is 0.0197. The van der Waals surface area contributed by atoms with Crippen molar-refractivity contribution in [3.05, 3.63) is 34.4 Å². The minimum atomic E-state index is -1.06. The molecule has 6 heterocycles. The summed E-state index contributed by atoms with van der Waals surface area (Å²) in [5, 5.41) is 21.5. The average Bonchev–Trinajstić information content (AvgIpc) is 3.72. The maximum absolute atomic E-state index is 17.1. The predicted molar refractivity (Wildman–Crippen MR) is 169 cm³/mol. The fourth-order valence-corrected chi connectivity index (χ4v) is 9.32. The smallest absolute Gasteiger partial charge is 0.319 e. The Morgan fingerprint density at radius 3 is 2.89 bits per heavy atom. The van der Waals surface area contributed by atoms with Gasteiger partial charge >= 0.3 is 6.01 Å². The number of anilines is 2. The van der Waals surface area contributed by atoms with Crippen LogP contribution < -0.4 is 20.1 Å². The molecular weight excluding hydrogens is 641 g/mol. The molecule has 0 radical (unpaired) electrons. The van der Waals surface area contributed by atoms with Gasteiger partial charge in [-0.15, -0.1) is 11.3 Å². The van der Waals surface area contributed by atoms with Crippen LogP contribution >= 0.6 is 22.9 Å². The molecule has 3 fully saturated rings. The van der Waals surface area contributed by atoms with E-state index < -0.39 is 28.9 Å². The first kappa shape index (κ1) is 29.8. The lowest BCUT2D eigenvalue weighted by molar-refractivity contribution is 0.0438. The highest BCUT2D eigenvalue weighted by atomic mass is 35.5. The zero-order valence-corrected chi connectivity index (χ0v) is 26.5. The Morgan fingerprint density at radius 1 is 1.26 bits per heavy atom. The van der Waals surface area contributed by atoms with Gasteiger partial charge in [0.25, 0.3) is 0 Å². The number of benzene rings is 2. The molecular formula is C32H30ClF3N6O3S. The van der Waals surface area contributed by atoms with Crippen LogP contribution in [0.25, 0.3) is 32.1 Å². The number of nitrogens with zero attached hydrogens (tertiary/aromatic N) is 5. The Hall–Kier alpha value is -3.57. The van der Waals surface area contributed by atoms with Gasteiger partial charge in [-0.1, -0.05) is 17.7 Å².